The Bertz CT molecular complexity index is 544. The van der Waals surface area contributed by atoms with Gasteiger partial charge in [0.25, 0.3) is 0 Å². The van der Waals surface area contributed by atoms with Gasteiger partial charge in [0, 0.05) is 15.5 Å². The van der Waals surface area contributed by atoms with Gasteiger partial charge in [-0.1, -0.05) is 28.1 Å². The summed E-state index contributed by atoms with van der Waals surface area (Å²) >= 11 is 5.13. The van der Waals surface area contributed by atoms with Crippen molar-refractivity contribution in [3.63, 3.8) is 0 Å². The van der Waals surface area contributed by atoms with Crippen LogP contribution in [0.4, 0.5) is 0 Å². The van der Waals surface area contributed by atoms with Crippen LogP contribution >= 0.6 is 27.3 Å². The van der Waals surface area contributed by atoms with E-state index >= 15 is 0 Å². The molecule has 5 heteroatoms. The first kappa shape index (κ1) is 14.7. The molecule has 1 heterocycles. The van der Waals surface area contributed by atoms with E-state index in [2.05, 4.69) is 31.2 Å². The van der Waals surface area contributed by atoms with Gasteiger partial charge in [-0.25, -0.2) is 4.98 Å². The summed E-state index contributed by atoms with van der Waals surface area (Å²) in [5.41, 5.74) is 2.16. The average molecular weight is 341 g/mol. The van der Waals surface area contributed by atoms with Crippen LogP contribution in [0.15, 0.2) is 34.1 Å². The molecule has 0 radical (unpaired) electrons. The van der Waals surface area contributed by atoms with Gasteiger partial charge in [-0.05, 0) is 31.7 Å². The quantitative estimate of drug-likeness (QED) is 0.906. The van der Waals surface area contributed by atoms with E-state index in [1.807, 2.05) is 38.2 Å². The van der Waals surface area contributed by atoms with Crippen LogP contribution < -0.4 is 0 Å². The molecule has 0 saturated carbocycles. The van der Waals surface area contributed by atoms with E-state index in [1.54, 1.807) is 11.3 Å². The fourth-order valence-electron chi connectivity index (χ4n) is 2.01. The zero-order valence-corrected chi connectivity index (χ0v) is 13.4. The lowest BCUT2D eigenvalue weighted by Crippen LogP contribution is -2.26. The Kier molecular flexibility index (Phi) is 5.10. The molecular weight excluding hydrogens is 324 g/mol. The smallest absolute Gasteiger partial charge is 0.107 e. The van der Waals surface area contributed by atoms with Crippen LogP contribution in [0.2, 0.25) is 0 Å². The Morgan fingerprint density at radius 3 is 2.84 bits per heavy atom. The average Bonchev–Trinajstić information content (AvgIpc) is 2.75. The van der Waals surface area contributed by atoms with Gasteiger partial charge < -0.3 is 5.11 Å². The lowest BCUT2D eigenvalue weighted by atomic mass is 10.1. The number of nitrogens with zero attached hydrogens (tertiary/aromatic N) is 2. The third-order valence-electron chi connectivity index (χ3n) is 2.99. The van der Waals surface area contributed by atoms with E-state index in [1.165, 1.54) is 0 Å². The van der Waals surface area contributed by atoms with Gasteiger partial charge in [-0.2, -0.15) is 0 Å². The number of aliphatic hydroxyl groups is 1. The van der Waals surface area contributed by atoms with E-state index in [-0.39, 0.29) is 12.6 Å². The first-order chi connectivity index (χ1) is 9.10. The number of hydrogen-bond acceptors (Lipinski definition) is 4. The SMILES string of the molecule is Cc1csc(CN(C)C(CO)c2cccc(Br)c2)n1. The summed E-state index contributed by atoms with van der Waals surface area (Å²) in [5.74, 6) is 0. The molecule has 1 aromatic carbocycles. The third-order valence-corrected chi connectivity index (χ3v) is 4.43. The van der Waals surface area contributed by atoms with E-state index < -0.39 is 0 Å². The van der Waals surface area contributed by atoms with Crippen molar-refractivity contribution in [2.45, 2.75) is 19.5 Å². The van der Waals surface area contributed by atoms with Gasteiger partial charge in [0.15, 0.2) is 0 Å². The number of aryl methyl sites for hydroxylation is 1. The van der Waals surface area contributed by atoms with Crippen LogP contribution in [0, 0.1) is 6.92 Å². The molecule has 1 atom stereocenters. The number of hydrogen-bond donors (Lipinski definition) is 1. The fraction of sp³-hybridized carbons (Fsp3) is 0.357. The molecule has 0 fully saturated rings. The molecule has 0 aliphatic heterocycles. The van der Waals surface area contributed by atoms with Gasteiger partial charge in [-0.3, -0.25) is 4.90 Å². The number of rotatable bonds is 5. The molecule has 19 heavy (non-hydrogen) atoms. The fourth-order valence-corrected chi connectivity index (χ4v) is 3.26. The van der Waals surface area contributed by atoms with E-state index in [0.29, 0.717) is 0 Å². The Morgan fingerprint density at radius 2 is 2.26 bits per heavy atom. The van der Waals surface area contributed by atoms with E-state index in [4.69, 9.17) is 0 Å². The van der Waals surface area contributed by atoms with Crippen LogP contribution in [-0.2, 0) is 6.54 Å². The molecule has 0 aliphatic carbocycles. The molecule has 0 aliphatic rings. The van der Waals surface area contributed by atoms with Crippen LogP contribution in [0.1, 0.15) is 22.3 Å². The lowest BCUT2D eigenvalue weighted by Gasteiger charge is -2.26. The standard InChI is InChI=1S/C14H17BrN2OS/c1-10-9-19-14(16-10)7-17(2)13(8-18)11-4-3-5-12(15)6-11/h3-6,9,13,18H,7-8H2,1-2H3. The molecule has 0 saturated heterocycles. The summed E-state index contributed by atoms with van der Waals surface area (Å²) in [6, 6.07) is 8.05. The second-order valence-electron chi connectivity index (χ2n) is 4.55. The number of halogens is 1. The van der Waals surface area contributed by atoms with Gasteiger partial charge in [0.05, 0.1) is 19.2 Å². The first-order valence-corrected chi connectivity index (χ1v) is 7.75. The lowest BCUT2D eigenvalue weighted by molar-refractivity contribution is 0.142. The van der Waals surface area contributed by atoms with Crippen LogP contribution in [-0.4, -0.2) is 28.6 Å². The third kappa shape index (κ3) is 3.86. The molecule has 1 aromatic heterocycles. The summed E-state index contributed by atoms with van der Waals surface area (Å²) in [4.78, 5) is 6.59. The topological polar surface area (TPSA) is 36.4 Å². The maximum absolute atomic E-state index is 9.65. The maximum atomic E-state index is 9.65. The highest BCUT2D eigenvalue weighted by molar-refractivity contribution is 9.10. The number of benzene rings is 1. The van der Waals surface area contributed by atoms with E-state index in [9.17, 15) is 5.11 Å². The summed E-state index contributed by atoms with van der Waals surface area (Å²) in [6.45, 7) is 2.84. The van der Waals surface area contributed by atoms with Crippen LogP contribution in [0.5, 0.6) is 0 Å². The highest BCUT2D eigenvalue weighted by atomic mass is 79.9. The molecule has 0 spiro atoms. The molecule has 3 nitrogen and oxygen atoms in total. The molecule has 2 rings (SSSR count). The number of aromatic nitrogens is 1. The van der Waals surface area contributed by atoms with Gasteiger partial charge in [0.2, 0.25) is 0 Å². The predicted molar refractivity (Wildman–Crippen MR) is 82.3 cm³/mol. The molecule has 0 amide bonds. The van der Waals surface area contributed by atoms with Crippen molar-refractivity contribution in [3.8, 4) is 0 Å². The highest BCUT2D eigenvalue weighted by Crippen LogP contribution is 2.24. The summed E-state index contributed by atoms with van der Waals surface area (Å²) in [7, 11) is 2.01. The van der Waals surface area contributed by atoms with Crippen molar-refractivity contribution < 1.29 is 5.11 Å². The number of aliphatic hydroxyl groups excluding tert-OH is 1. The summed E-state index contributed by atoms with van der Waals surface area (Å²) in [5, 5.41) is 12.8. The van der Waals surface area contributed by atoms with Crippen molar-refractivity contribution in [3.05, 3.63) is 50.4 Å². The van der Waals surface area contributed by atoms with Crippen molar-refractivity contribution in [1.29, 1.82) is 0 Å². The number of thiazole rings is 1. The Labute approximate surface area is 126 Å². The van der Waals surface area contributed by atoms with Gasteiger partial charge in [-0.15, -0.1) is 11.3 Å². The Balaban J connectivity index is 2.12. The van der Waals surface area contributed by atoms with Crippen LogP contribution in [0.25, 0.3) is 0 Å². The first-order valence-electron chi connectivity index (χ1n) is 6.07. The minimum Gasteiger partial charge on any atom is -0.394 e. The minimum absolute atomic E-state index is 0.0123. The largest absolute Gasteiger partial charge is 0.394 e. The summed E-state index contributed by atoms with van der Waals surface area (Å²) in [6.07, 6.45) is 0. The zero-order chi connectivity index (χ0) is 13.8. The second-order valence-corrected chi connectivity index (χ2v) is 6.41. The molecule has 0 bridgehead atoms. The normalized spacial score (nSPS) is 12.9. The second kappa shape index (κ2) is 6.61. The number of likely N-dealkylation sites (N-methyl/N-ethyl adjacent to an activating group) is 1. The van der Waals surface area contributed by atoms with Crippen molar-refractivity contribution >= 4 is 27.3 Å². The molecule has 1 unspecified atom stereocenters. The summed E-state index contributed by atoms with van der Waals surface area (Å²) < 4.78 is 1.03. The highest BCUT2D eigenvalue weighted by Gasteiger charge is 2.17. The van der Waals surface area contributed by atoms with Crippen molar-refractivity contribution in [2.75, 3.05) is 13.7 Å². The Morgan fingerprint density at radius 1 is 1.47 bits per heavy atom. The Hall–Kier alpha value is -0.750. The van der Waals surface area contributed by atoms with Crippen molar-refractivity contribution in [2.24, 2.45) is 0 Å². The van der Waals surface area contributed by atoms with Gasteiger partial charge >= 0.3 is 0 Å². The molecular formula is C14H17BrN2OS. The zero-order valence-electron chi connectivity index (χ0n) is 11.0. The predicted octanol–water partition coefficient (Wildman–Crippen LogP) is 3.38. The minimum atomic E-state index is -0.0123. The molecule has 102 valence electrons. The molecule has 2 aromatic rings. The van der Waals surface area contributed by atoms with Crippen LogP contribution in [0.3, 0.4) is 0 Å². The van der Waals surface area contributed by atoms with Gasteiger partial charge in [0.1, 0.15) is 5.01 Å². The molecule has 1 N–H and O–H groups in total. The van der Waals surface area contributed by atoms with E-state index in [0.717, 1.165) is 27.3 Å². The monoisotopic (exact) mass is 340 g/mol. The van der Waals surface area contributed by atoms with Crippen molar-refractivity contribution in [1.82, 2.24) is 9.88 Å². The maximum Gasteiger partial charge on any atom is 0.107 e.